The monoisotopic (exact) mass is 581 g/mol. The molecule has 0 spiro atoms. The van der Waals surface area contributed by atoms with Gasteiger partial charge in [-0.15, -0.1) is 0 Å². The van der Waals surface area contributed by atoms with Gasteiger partial charge in [-0.2, -0.15) is 0 Å². The zero-order valence-electron chi connectivity index (χ0n) is 23.5. The third kappa shape index (κ3) is 9.71. The summed E-state index contributed by atoms with van der Waals surface area (Å²) < 4.78 is 10.1. The highest BCUT2D eigenvalue weighted by atomic mass is 16.4. The minimum absolute atomic E-state index is 0.782. The Morgan fingerprint density at radius 2 is 1.71 bits per heavy atom. The first-order valence-corrected chi connectivity index (χ1v) is 13.2. The first-order chi connectivity index (χ1) is 19.9. The molecule has 4 aromatic rings. The molecule has 4 aromatic heterocycles. The molecule has 13 nitrogen and oxygen atoms in total. The summed E-state index contributed by atoms with van der Waals surface area (Å²) in [5.41, 5.74) is -0.315. The molecule has 0 fully saturated rings. The molecule has 0 aliphatic heterocycles. The normalized spacial score (nSPS) is 11.2. The van der Waals surface area contributed by atoms with Gasteiger partial charge >= 0.3 is 17.9 Å². The first-order valence-electron chi connectivity index (χ1n) is 13.2. The van der Waals surface area contributed by atoms with E-state index in [9.17, 15) is 14.4 Å². The van der Waals surface area contributed by atoms with Crippen molar-refractivity contribution < 1.29 is 39.2 Å². The minimum atomic E-state index is -2.74. The van der Waals surface area contributed by atoms with Crippen LogP contribution in [-0.4, -0.2) is 74.5 Å². The van der Waals surface area contributed by atoms with E-state index in [1.807, 2.05) is 44.0 Å². The number of aromatic nitrogens is 4. The predicted molar refractivity (Wildman–Crippen MR) is 150 cm³/mol. The van der Waals surface area contributed by atoms with Crippen molar-refractivity contribution in [2.24, 2.45) is 0 Å². The van der Waals surface area contributed by atoms with Gasteiger partial charge in [-0.05, 0) is 62.2 Å². The fourth-order valence-electron chi connectivity index (χ4n) is 4.26. The quantitative estimate of drug-likeness (QED) is 0.171. The lowest BCUT2D eigenvalue weighted by molar-refractivity contribution is -0.170. The van der Waals surface area contributed by atoms with Crippen LogP contribution in [0.15, 0.2) is 71.9 Å². The van der Waals surface area contributed by atoms with Crippen LogP contribution in [0.4, 0.5) is 0 Å². The van der Waals surface area contributed by atoms with Crippen molar-refractivity contribution in [3.05, 3.63) is 90.3 Å². The number of hydrogen-bond acceptors (Lipinski definition) is 8. The van der Waals surface area contributed by atoms with E-state index in [1.54, 1.807) is 0 Å². The van der Waals surface area contributed by atoms with Gasteiger partial charge in [0.1, 0.15) is 17.3 Å². The lowest BCUT2D eigenvalue weighted by Crippen LogP contribution is -2.42. The van der Waals surface area contributed by atoms with Gasteiger partial charge in [0.15, 0.2) is 5.60 Å². The summed E-state index contributed by atoms with van der Waals surface area (Å²) in [7, 11) is 0. The van der Waals surface area contributed by atoms with Crippen molar-refractivity contribution in [1.82, 2.24) is 24.0 Å². The van der Waals surface area contributed by atoms with Gasteiger partial charge in [0, 0.05) is 50.1 Å². The molecule has 4 N–H and O–H groups in total. The third-order valence-corrected chi connectivity index (χ3v) is 6.28. The second kappa shape index (κ2) is 14.8. The van der Waals surface area contributed by atoms with Gasteiger partial charge in [0.2, 0.25) is 0 Å². The number of aliphatic hydroxyl groups is 1. The van der Waals surface area contributed by atoms with Crippen LogP contribution in [0.25, 0.3) is 5.82 Å². The summed E-state index contributed by atoms with van der Waals surface area (Å²) in [5, 5.41) is 33.8. The van der Waals surface area contributed by atoms with E-state index in [-0.39, 0.29) is 0 Å². The van der Waals surface area contributed by atoms with Crippen molar-refractivity contribution in [2.75, 3.05) is 6.54 Å². The van der Waals surface area contributed by atoms with Crippen molar-refractivity contribution >= 4 is 17.9 Å². The van der Waals surface area contributed by atoms with Crippen molar-refractivity contribution in [3.63, 3.8) is 0 Å². The number of nitrogens with zero attached hydrogens (tertiary/aromatic N) is 5. The van der Waals surface area contributed by atoms with Gasteiger partial charge < -0.3 is 34.0 Å². The molecule has 4 heterocycles. The lowest BCUT2D eigenvalue weighted by atomic mass is 9.96. The van der Waals surface area contributed by atoms with Crippen LogP contribution in [0.5, 0.6) is 0 Å². The Labute approximate surface area is 242 Å². The third-order valence-electron chi connectivity index (χ3n) is 6.28. The Morgan fingerprint density at radius 1 is 0.976 bits per heavy atom. The highest BCUT2D eigenvalue weighted by molar-refractivity contribution is 5.88. The summed E-state index contributed by atoms with van der Waals surface area (Å²) >= 11 is 0. The van der Waals surface area contributed by atoms with E-state index >= 15 is 0 Å². The topological polar surface area (TPSA) is 184 Å². The van der Waals surface area contributed by atoms with E-state index in [0.717, 1.165) is 49.9 Å². The average Bonchev–Trinajstić information content (AvgIpc) is 3.66. The molecule has 0 bridgehead atoms. The largest absolute Gasteiger partial charge is 0.481 e. The number of furan rings is 1. The van der Waals surface area contributed by atoms with Gasteiger partial charge in [-0.3, -0.25) is 14.5 Å². The zero-order valence-corrected chi connectivity index (χ0v) is 23.5. The summed E-state index contributed by atoms with van der Waals surface area (Å²) in [6.45, 7) is 7.60. The zero-order chi connectivity index (χ0) is 30.7. The molecular formula is C29H35N5O8. The fourth-order valence-corrected chi connectivity index (χ4v) is 4.26. The van der Waals surface area contributed by atoms with Gasteiger partial charge in [-0.25, -0.2) is 14.8 Å². The first kappa shape index (κ1) is 31.8. The maximum absolute atomic E-state index is 10.3. The predicted octanol–water partition coefficient (Wildman–Crippen LogP) is 3.12. The number of imidazole rings is 1. The highest BCUT2D eigenvalue weighted by Crippen LogP contribution is 2.18. The van der Waals surface area contributed by atoms with E-state index in [0.29, 0.717) is 0 Å². The molecular weight excluding hydrogens is 546 g/mol. The smallest absolute Gasteiger partial charge is 0.336 e. The number of rotatable bonds is 14. The van der Waals surface area contributed by atoms with E-state index < -0.39 is 36.4 Å². The summed E-state index contributed by atoms with van der Waals surface area (Å²) in [4.78, 5) is 41.6. The second-order valence-corrected chi connectivity index (χ2v) is 9.92. The Balaban J connectivity index is 0.000000316. The lowest BCUT2D eigenvalue weighted by Gasteiger charge is -2.22. The maximum Gasteiger partial charge on any atom is 0.336 e. The van der Waals surface area contributed by atoms with Crippen LogP contribution in [0, 0.1) is 13.8 Å². The van der Waals surface area contributed by atoms with E-state index in [2.05, 4.69) is 61.4 Å². The summed E-state index contributed by atoms with van der Waals surface area (Å²) in [6, 6.07) is 12.5. The summed E-state index contributed by atoms with van der Waals surface area (Å²) in [6.07, 6.45) is 8.40. The fraction of sp³-hybridized carbons (Fsp3) is 0.345. The molecule has 4 rings (SSSR count). The molecule has 0 saturated heterocycles. The minimum Gasteiger partial charge on any atom is -0.481 e. The van der Waals surface area contributed by atoms with Crippen LogP contribution < -0.4 is 0 Å². The second-order valence-electron chi connectivity index (χ2n) is 9.92. The van der Waals surface area contributed by atoms with Gasteiger partial charge in [0.25, 0.3) is 0 Å². The number of pyridine rings is 1. The Hall–Kier alpha value is -4.75. The molecule has 0 atom stereocenters. The molecule has 0 saturated carbocycles. The van der Waals surface area contributed by atoms with Crippen molar-refractivity contribution in [2.45, 2.75) is 58.3 Å². The molecule has 13 heteroatoms. The molecule has 0 aromatic carbocycles. The molecule has 0 aliphatic rings. The number of hydrogen-bond donors (Lipinski definition) is 4. The van der Waals surface area contributed by atoms with Gasteiger partial charge in [0.05, 0.1) is 25.7 Å². The Bertz CT molecular complexity index is 1440. The molecule has 0 amide bonds. The van der Waals surface area contributed by atoms with E-state index in [4.69, 9.17) is 24.8 Å². The summed E-state index contributed by atoms with van der Waals surface area (Å²) in [5.74, 6) is -2.12. The number of carboxylic acids is 3. The Morgan fingerprint density at radius 3 is 2.29 bits per heavy atom. The van der Waals surface area contributed by atoms with Crippen LogP contribution in [-0.2, 0) is 34.0 Å². The number of aliphatic carboxylic acids is 3. The standard InChI is InChI=1S/C23H27N5O.C6H8O7/c1-19-8-9-25-23(15-19)28-13-3-5-21(28)16-27(17-22-7-6-20(2)29-22)12-4-11-26-14-10-24-18-26;7-3(8)1-6(13,5(11)12)2-4(9)10/h3,5-10,13-15,18H,4,11-12,16-17H2,1-2H3;13H,1-2H2,(H,7,8)(H,9,10)(H,11,12). The van der Waals surface area contributed by atoms with Crippen LogP contribution >= 0.6 is 0 Å². The molecule has 0 aliphatic carbocycles. The molecule has 0 unspecified atom stereocenters. The van der Waals surface area contributed by atoms with Gasteiger partial charge in [-0.1, -0.05) is 0 Å². The van der Waals surface area contributed by atoms with Crippen LogP contribution in [0.3, 0.4) is 0 Å². The van der Waals surface area contributed by atoms with Crippen molar-refractivity contribution in [1.29, 1.82) is 0 Å². The number of carboxylic acid groups (broad SMARTS) is 3. The average molecular weight is 582 g/mol. The van der Waals surface area contributed by atoms with Crippen LogP contribution in [0.1, 0.15) is 42.0 Å². The highest BCUT2D eigenvalue weighted by Gasteiger charge is 2.40. The van der Waals surface area contributed by atoms with Crippen LogP contribution in [0.2, 0.25) is 0 Å². The molecule has 42 heavy (non-hydrogen) atoms. The number of carbonyl (C=O) groups is 3. The molecule has 224 valence electrons. The van der Waals surface area contributed by atoms with E-state index in [1.165, 1.54) is 11.3 Å². The number of aryl methyl sites for hydroxylation is 3. The molecule has 0 radical (unpaired) electrons. The SMILES string of the molecule is Cc1ccnc(-n2cccc2CN(CCCn2ccnc2)Cc2ccc(C)o2)c1.O=C(O)CC(O)(CC(=O)O)C(=O)O. The van der Waals surface area contributed by atoms with Crippen molar-refractivity contribution in [3.8, 4) is 5.82 Å². The maximum atomic E-state index is 10.3. The Kier molecular flexibility index (Phi) is 11.2.